The molecule has 0 aromatic carbocycles. The molecule has 0 radical (unpaired) electrons. The third-order valence-electron chi connectivity index (χ3n) is 8.70. The number of esters is 1. The highest BCUT2D eigenvalue weighted by atomic mass is 28.4. The SMILES string of the molecule is CCCCCC(C=CC1C2CC(O[Si](C)(C)C(C)(C)C)C1CC(=O)O2)O[Si](C)(C)C(C)(C)C. The number of fused-ring (bicyclic) bond motifs is 2. The van der Waals surface area contributed by atoms with Crippen LogP contribution in [-0.4, -0.2) is 40.9 Å². The normalized spacial score (nSPS) is 27.8. The second-order valence-electron chi connectivity index (χ2n) is 13.4. The minimum absolute atomic E-state index is 0.0620. The number of carbonyl (C=O) groups excluding carboxylic acids is 1. The molecule has 5 atom stereocenters. The van der Waals surface area contributed by atoms with E-state index in [0.29, 0.717) is 6.42 Å². The number of hydrogen-bond donors (Lipinski definition) is 0. The highest BCUT2D eigenvalue weighted by Crippen LogP contribution is 2.47. The van der Waals surface area contributed by atoms with Crippen molar-refractivity contribution in [3.63, 3.8) is 0 Å². The summed E-state index contributed by atoms with van der Waals surface area (Å²) in [4.78, 5) is 12.3. The van der Waals surface area contributed by atoms with Gasteiger partial charge in [-0.2, -0.15) is 0 Å². The molecule has 33 heavy (non-hydrogen) atoms. The summed E-state index contributed by atoms with van der Waals surface area (Å²) in [7, 11) is -3.78. The number of unbranched alkanes of at least 4 members (excludes halogenated alkanes) is 2. The lowest BCUT2D eigenvalue weighted by Crippen LogP contribution is -2.45. The van der Waals surface area contributed by atoms with Gasteiger partial charge in [0.1, 0.15) is 6.10 Å². The van der Waals surface area contributed by atoms with Crippen LogP contribution in [0, 0.1) is 11.8 Å². The van der Waals surface area contributed by atoms with E-state index in [-0.39, 0.29) is 46.2 Å². The summed E-state index contributed by atoms with van der Waals surface area (Å²) in [5.41, 5.74) is 0. The molecule has 1 saturated heterocycles. The molecule has 1 saturated carbocycles. The molecule has 2 bridgehead atoms. The first-order chi connectivity index (χ1) is 15.0. The molecule has 0 spiro atoms. The van der Waals surface area contributed by atoms with Crippen molar-refractivity contribution in [2.24, 2.45) is 11.8 Å². The number of ether oxygens (including phenoxy) is 1. The minimum atomic E-state index is -1.91. The van der Waals surface area contributed by atoms with Gasteiger partial charge in [0.05, 0.1) is 18.6 Å². The van der Waals surface area contributed by atoms with Gasteiger partial charge in [0.2, 0.25) is 0 Å². The van der Waals surface area contributed by atoms with Crippen molar-refractivity contribution in [3.8, 4) is 0 Å². The second kappa shape index (κ2) is 10.7. The van der Waals surface area contributed by atoms with Crippen molar-refractivity contribution < 1.29 is 18.4 Å². The third-order valence-corrected chi connectivity index (χ3v) is 17.7. The minimum Gasteiger partial charge on any atom is -0.462 e. The topological polar surface area (TPSA) is 44.8 Å². The maximum atomic E-state index is 12.3. The smallest absolute Gasteiger partial charge is 0.306 e. The predicted molar refractivity (Wildman–Crippen MR) is 144 cm³/mol. The lowest BCUT2D eigenvalue weighted by atomic mass is 9.88. The van der Waals surface area contributed by atoms with Crippen LogP contribution in [0.5, 0.6) is 0 Å². The summed E-state index contributed by atoms with van der Waals surface area (Å²) in [6, 6.07) is 0. The average molecular weight is 497 g/mol. The Bertz CT molecular complexity index is 687. The van der Waals surface area contributed by atoms with Gasteiger partial charge < -0.3 is 13.6 Å². The first-order valence-electron chi connectivity index (χ1n) is 13.2. The zero-order valence-corrected chi connectivity index (χ0v) is 25.4. The van der Waals surface area contributed by atoms with Crippen LogP contribution in [0.15, 0.2) is 12.2 Å². The van der Waals surface area contributed by atoms with E-state index < -0.39 is 16.6 Å². The zero-order chi connectivity index (χ0) is 25.2. The van der Waals surface area contributed by atoms with E-state index in [1.807, 2.05) is 0 Å². The van der Waals surface area contributed by atoms with E-state index in [0.717, 1.165) is 12.8 Å². The Morgan fingerprint density at radius 2 is 1.64 bits per heavy atom. The van der Waals surface area contributed by atoms with Crippen LogP contribution in [0.25, 0.3) is 0 Å². The Balaban J connectivity index is 2.20. The molecule has 6 heteroatoms. The first kappa shape index (κ1) is 28.8. The second-order valence-corrected chi connectivity index (χ2v) is 22.9. The maximum absolute atomic E-state index is 12.3. The molecular formula is C27H52O4Si2. The van der Waals surface area contributed by atoms with Gasteiger partial charge in [-0.1, -0.05) is 79.9 Å². The summed E-state index contributed by atoms with van der Waals surface area (Å²) < 4.78 is 19.5. The molecule has 0 amide bonds. The fraction of sp³-hybridized carbons (Fsp3) is 0.889. The standard InChI is InChI=1S/C27H52O4Si2/c1-12-13-14-15-20(30-32(8,9)26(2,3)4)16-17-21-22-18-25(28)29-23(21)19-24(22)31-33(10,11)27(5,6)7/h16-17,20-24H,12-15,18-19H2,1-11H3. The lowest BCUT2D eigenvalue weighted by molar-refractivity contribution is -0.156. The van der Waals surface area contributed by atoms with Crippen LogP contribution < -0.4 is 0 Å². The lowest BCUT2D eigenvalue weighted by Gasteiger charge is -2.40. The summed E-state index contributed by atoms with van der Waals surface area (Å²) in [6.07, 6.45) is 10.8. The molecule has 1 aliphatic heterocycles. The van der Waals surface area contributed by atoms with Gasteiger partial charge in [0.25, 0.3) is 0 Å². The number of carbonyl (C=O) groups is 1. The van der Waals surface area contributed by atoms with Gasteiger partial charge in [0.15, 0.2) is 16.6 Å². The van der Waals surface area contributed by atoms with Crippen LogP contribution in [0.4, 0.5) is 0 Å². The Kier molecular flexibility index (Phi) is 9.31. The van der Waals surface area contributed by atoms with Crippen LogP contribution in [0.3, 0.4) is 0 Å². The van der Waals surface area contributed by atoms with Crippen LogP contribution in [0.2, 0.25) is 36.3 Å². The van der Waals surface area contributed by atoms with Crippen molar-refractivity contribution in [1.82, 2.24) is 0 Å². The van der Waals surface area contributed by atoms with E-state index in [1.165, 1.54) is 19.3 Å². The quantitative estimate of drug-likeness (QED) is 0.134. The Morgan fingerprint density at radius 1 is 1.03 bits per heavy atom. The Hall–Kier alpha value is -0.436. The van der Waals surface area contributed by atoms with E-state index in [9.17, 15) is 4.79 Å². The molecule has 1 heterocycles. The summed E-state index contributed by atoms with van der Waals surface area (Å²) in [6.45, 7) is 25.3. The monoisotopic (exact) mass is 496 g/mol. The molecule has 2 fully saturated rings. The molecule has 4 nitrogen and oxygen atoms in total. The van der Waals surface area contributed by atoms with Crippen LogP contribution >= 0.6 is 0 Å². The molecular weight excluding hydrogens is 444 g/mol. The van der Waals surface area contributed by atoms with E-state index >= 15 is 0 Å². The first-order valence-corrected chi connectivity index (χ1v) is 19.0. The molecule has 0 aromatic heterocycles. The molecule has 5 unspecified atom stereocenters. The third kappa shape index (κ3) is 7.28. The van der Waals surface area contributed by atoms with Gasteiger partial charge in [0, 0.05) is 18.3 Å². The maximum Gasteiger partial charge on any atom is 0.306 e. The van der Waals surface area contributed by atoms with Crippen molar-refractivity contribution >= 4 is 22.6 Å². The molecule has 1 aliphatic carbocycles. The Morgan fingerprint density at radius 3 is 2.18 bits per heavy atom. The largest absolute Gasteiger partial charge is 0.462 e. The van der Waals surface area contributed by atoms with Gasteiger partial charge in [-0.05, 0) is 42.7 Å². The van der Waals surface area contributed by atoms with Crippen molar-refractivity contribution in [1.29, 1.82) is 0 Å². The fourth-order valence-corrected chi connectivity index (χ4v) is 7.13. The summed E-state index contributed by atoms with van der Waals surface area (Å²) >= 11 is 0. The van der Waals surface area contributed by atoms with Crippen molar-refractivity contribution in [2.75, 3.05) is 0 Å². The predicted octanol–water partition coefficient (Wildman–Crippen LogP) is 7.86. The van der Waals surface area contributed by atoms with Crippen molar-refractivity contribution in [3.05, 3.63) is 12.2 Å². The average Bonchev–Trinajstić information content (AvgIpc) is 2.83. The summed E-state index contributed by atoms with van der Waals surface area (Å²) in [5, 5.41) is 0.340. The molecule has 2 rings (SSSR count). The molecule has 0 aromatic rings. The zero-order valence-electron chi connectivity index (χ0n) is 23.4. The molecule has 0 N–H and O–H groups in total. The highest BCUT2D eigenvalue weighted by Gasteiger charge is 2.52. The molecule has 2 aliphatic rings. The molecule has 192 valence electrons. The van der Waals surface area contributed by atoms with E-state index in [4.69, 9.17) is 13.6 Å². The summed E-state index contributed by atoms with van der Waals surface area (Å²) in [5.74, 6) is 0.382. The number of rotatable bonds is 10. The Labute approximate surface area is 206 Å². The fourth-order valence-electron chi connectivity index (χ4n) is 4.44. The van der Waals surface area contributed by atoms with Gasteiger partial charge in [-0.3, -0.25) is 4.79 Å². The van der Waals surface area contributed by atoms with Crippen LogP contribution in [0.1, 0.15) is 87.0 Å². The van der Waals surface area contributed by atoms with Gasteiger partial charge in [-0.15, -0.1) is 0 Å². The van der Waals surface area contributed by atoms with Crippen LogP contribution in [-0.2, 0) is 18.4 Å². The van der Waals surface area contributed by atoms with E-state index in [2.05, 4.69) is 86.8 Å². The van der Waals surface area contributed by atoms with E-state index in [1.54, 1.807) is 0 Å². The van der Waals surface area contributed by atoms with Gasteiger partial charge >= 0.3 is 5.97 Å². The highest BCUT2D eigenvalue weighted by molar-refractivity contribution is 6.74. The van der Waals surface area contributed by atoms with Crippen molar-refractivity contribution in [2.45, 2.75) is 142 Å². The van der Waals surface area contributed by atoms with Gasteiger partial charge in [-0.25, -0.2) is 0 Å². The number of hydrogen-bond acceptors (Lipinski definition) is 4.